The van der Waals surface area contributed by atoms with Crippen molar-refractivity contribution in [2.24, 2.45) is 11.8 Å². The molecule has 2 aliphatic heterocycles. The van der Waals surface area contributed by atoms with Crippen LogP contribution in [0.25, 0.3) is 0 Å². The topological polar surface area (TPSA) is 46.5 Å². The minimum atomic E-state index is -0.691. The summed E-state index contributed by atoms with van der Waals surface area (Å²) in [7, 11) is 0. The minimum Gasteiger partial charge on any atom is -0.481 e. The molecule has 4 atom stereocenters. The van der Waals surface area contributed by atoms with Gasteiger partial charge in [-0.3, -0.25) is 4.79 Å². The molecule has 0 aliphatic carbocycles. The van der Waals surface area contributed by atoms with Gasteiger partial charge in [0.2, 0.25) is 0 Å². The number of carboxylic acid groups (broad SMARTS) is 1. The maximum atomic E-state index is 10.7. The smallest absolute Gasteiger partial charge is 0.309 e. The Morgan fingerprint density at radius 1 is 1.55 bits per heavy atom. The van der Waals surface area contributed by atoms with E-state index in [9.17, 15) is 4.79 Å². The summed E-state index contributed by atoms with van der Waals surface area (Å²) in [6.07, 6.45) is 2.01. The molecule has 0 saturated carbocycles. The van der Waals surface area contributed by atoms with Crippen LogP contribution < -0.4 is 0 Å². The number of rotatable bonds is 1. The summed E-state index contributed by atoms with van der Waals surface area (Å²) in [6.45, 7) is 2.07. The highest BCUT2D eigenvalue weighted by atomic mass is 16.5. The van der Waals surface area contributed by atoms with Gasteiger partial charge in [-0.05, 0) is 18.8 Å². The first-order valence-electron chi connectivity index (χ1n) is 4.06. The van der Waals surface area contributed by atoms with E-state index in [0.29, 0.717) is 5.92 Å². The predicted molar refractivity (Wildman–Crippen MR) is 38.2 cm³/mol. The number of aliphatic carboxylic acids is 1. The average Bonchev–Trinajstić information content (AvgIpc) is 2.43. The van der Waals surface area contributed by atoms with E-state index in [0.717, 1.165) is 12.8 Å². The molecular formula is C8H12O3. The number of hydrogen-bond donors (Lipinski definition) is 1. The molecule has 0 aromatic rings. The molecule has 2 heterocycles. The summed E-state index contributed by atoms with van der Waals surface area (Å²) in [4.78, 5) is 10.7. The lowest BCUT2D eigenvalue weighted by molar-refractivity contribution is -0.144. The number of carboxylic acids is 1. The van der Waals surface area contributed by atoms with Crippen molar-refractivity contribution >= 4 is 5.97 Å². The Bertz CT molecular complexity index is 190. The van der Waals surface area contributed by atoms with Gasteiger partial charge in [-0.2, -0.15) is 0 Å². The van der Waals surface area contributed by atoms with Gasteiger partial charge in [0.25, 0.3) is 0 Å². The lowest BCUT2D eigenvalue weighted by Gasteiger charge is -2.19. The molecule has 2 saturated heterocycles. The second-order valence-corrected chi connectivity index (χ2v) is 3.62. The van der Waals surface area contributed by atoms with Gasteiger partial charge in [-0.15, -0.1) is 0 Å². The van der Waals surface area contributed by atoms with Crippen molar-refractivity contribution in [3.8, 4) is 0 Å². The maximum Gasteiger partial charge on any atom is 0.309 e. The Labute approximate surface area is 65.4 Å². The molecule has 0 radical (unpaired) electrons. The number of ether oxygens (including phenoxy) is 1. The Morgan fingerprint density at radius 2 is 2.27 bits per heavy atom. The Balaban J connectivity index is 2.12. The van der Waals surface area contributed by atoms with Gasteiger partial charge < -0.3 is 9.84 Å². The van der Waals surface area contributed by atoms with E-state index in [1.807, 2.05) is 0 Å². The van der Waals surface area contributed by atoms with Crippen LogP contribution in [0.5, 0.6) is 0 Å². The van der Waals surface area contributed by atoms with E-state index >= 15 is 0 Å². The molecule has 0 amide bonds. The Hall–Kier alpha value is -0.570. The van der Waals surface area contributed by atoms with E-state index in [1.54, 1.807) is 0 Å². The second kappa shape index (κ2) is 2.21. The van der Waals surface area contributed by atoms with Crippen molar-refractivity contribution < 1.29 is 14.6 Å². The third kappa shape index (κ3) is 0.948. The average molecular weight is 156 g/mol. The van der Waals surface area contributed by atoms with Gasteiger partial charge in [-0.25, -0.2) is 0 Å². The molecule has 3 heteroatoms. The SMILES string of the molecule is CC1CC2CC(C(=O)O)C1O2. The molecule has 0 aromatic carbocycles. The molecular weight excluding hydrogens is 144 g/mol. The first-order valence-corrected chi connectivity index (χ1v) is 4.06. The third-order valence-corrected chi connectivity index (χ3v) is 2.78. The van der Waals surface area contributed by atoms with Crippen LogP contribution in [0.2, 0.25) is 0 Å². The molecule has 2 fully saturated rings. The molecule has 1 N–H and O–H groups in total. The van der Waals surface area contributed by atoms with Gasteiger partial charge in [-0.1, -0.05) is 6.92 Å². The number of hydrogen-bond acceptors (Lipinski definition) is 2. The fraction of sp³-hybridized carbons (Fsp3) is 0.875. The number of carbonyl (C=O) groups is 1. The van der Waals surface area contributed by atoms with Crippen molar-refractivity contribution in [3.05, 3.63) is 0 Å². The summed E-state index contributed by atoms with van der Waals surface area (Å²) in [5.74, 6) is -0.484. The minimum absolute atomic E-state index is 0.00231. The highest BCUT2D eigenvalue weighted by Crippen LogP contribution is 2.42. The zero-order chi connectivity index (χ0) is 8.01. The van der Waals surface area contributed by atoms with Crippen LogP contribution >= 0.6 is 0 Å². The van der Waals surface area contributed by atoms with Gasteiger partial charge in [0, 0.05) is 0 Å². The zero-order valence-corrected chi connectivity index (χ0v) is 6.49. The van der Waals surface area contributed by atoms with E-state index in [-0.39, 0.29) is 18.1 Å². The normalized spacial score (nSPS) is 48.1. The van der Waals surface area contributed by atoms with Crippen LogP contribution in [-0.4, -0.2) is 23.3 Å². The first kappa shape index (κ1) is 7.10. The van der Waals surface area contributed by atoms with Gasteiger partial charge in [0.1, 0.15) is 0 Å². The lowest BCUT2D eigenvalue weighted by Crippen LogP contribution is -2.30. The molecule has 3 nitrogen and oxygen atoms in total. The molecule has 11 heavy (non-hydrogen) atoms. The standard InChI is InChI=1S/C8H12O3/c1-4-2-5-3-6(8(9)10)7(4)11-5/h4-7H,2-3H2,1H3,(H,9,10). The summed E-state index contributed by atoms with van der Waals surface area (Å²) in [5.41, 5.74) is 0. The molecule has 2 bridgehead atoms. The van der Waals surface area contributed by atoms with E-state index < -0.39 is 5.97 Å². The maximum absolute atomic E-state index is 10.7. The highest BCUT2D eigenvalue weighted by molar-refractivity contribution is 5.71. The highest BCUT2D eigenvalue weighted by Gasteiger charge is 2.48. The molecule has 2 aliphatic rings. The third-order valence-electron chi connectivity index (χ3n) is 2.78. The van der Waals surface area contributed by atoms with Crippen LogP contribution in [0.3, 0.4) is 0 Å². The van der Waals surface area contributed by atoms with Crippen LogP contribution in [-0.2, 0) is 9.53 Å². The molecule has 0 spiro atoms. The first-order chi connectivity index (χ1) is 5.18. The van der Waals surface area contributed by atoms with Gasteiger partial charge in [0.15, 0.2) is 0 Å². The van der Waals surface area contributed by atoms with E-state index in [4.69, 9.17) is 9.84 Å². The van der Waals surface area contributed by atoms with Crippen molar-refractivity contribution in [3.63, 3.8) is 0 Å². The second-order valence-electron chi connectivity index (χ2n) is 3.62. The summed E-state index contributed by atoms with van der Waals surface area (Å²) in [6, 6.07) is 0. The Kier molecular flexibility index (Phi) is 1.42. The van der Waals surface area contributed by atoms with Crippen molar-refractivity contribution in [1.29, 1.82) is 0 Å². The van der Waals surface area contributed by atoms with Crippen molar-refractivity contribution in [2.45, 2.75) is 32.0 Å². The molecule has 0 aromatic heterocycles. The largest absolute Gasteiger partial charge is 0.481 e. The lowest BCUT2D eigenvalue weighted by atomic mass is 9.82. The predicted octanol–water partition coefficient (Wildman–Crippen LogP) is 0.885. The van der Waals surface area contributed by atoms with E-state index in [2.05, 4.69) is 6.92 Å². The number of fused-ring (bicyclic) bond motifs is 2. The summed E-state index contributed by atoms with van der Waals surface area (Å²) < 4.78 is 5.48. The summed E-state index contributed by atoms with van der Waals surface area (Å²) >= 11 is 0. The fourth-order valence-corrected chi connectivity index (χ4v) is 2.26. The van der Waals surface area contributed by atoms with Crippen LogP contribution in [0, 0.1) is 11.8 Å². The van der Waals surface area contributed by atoms with Gasteiger partial charge in [0.05, 0.1) is 18.1 Å². The fourth-order valence-electron chi connectivity index (χ4n) is 2.26. The van der Waals surface area contributed by atoms with Crippen molar-refractivity contribution in [1.82, 2.24) is 0 Å². The molecule has 62 valence electrons. The van der Waals surface area contributed by atoms with Crippen LogP contribution in [0.4, 0.5) is 0 Å². The Morgan fingerprint density at radius 3 is 2.64 bits per heavy atom. The molecule has 2 rings (SSSR count). The summed E-state index contributed by atoms with van der Waals surface area (Å²) in [5, 5.41) is 8.77. The van der Waals surface area contributed by atoms with E-state index in [1.165, 1.54) is 0 Å². The van der Waals surface area contributed by atoms with Crippen molar-refractivity contribution in [2.75, 3.05) is 0 Å². The van der Waals surface area contributed by atoms with Crippen LogP contribution in [0.1, 0.15) is 19.8 Å². The van der Waals surface area contributed by atoms with Gasteiger partial charge >= 0.3 is 5.97 Å². The monoisotopic (exact) mass is 156 g/mol. The quantitative estimate of drug-likeness (QED) is 0.613. The van der Waals surface area contributed by atoms with Crippen LogP contribution in [0.15, 0.2) is 0 Å². The zero-order valence-electron chi connectivity index (χ0n) is 6.49. The molecule has 4 unspecified atom stereocenters.